The summed E-state index contributed by atoms with van der Waals surface area (Å²) in [7, 11) is 1.82. The summed E-state index contributed by atoms with van der Waals surface area (Å²) in [6, 6.07) is 7.01. The zero-order chi connectivity index (χ0) is 17.4. The lowest BCUT2D eigenvalue weighted by molar-refractivity contribution is 0.231. The number of aliphatic imine (C=N–C) groups is 1. The molecule has 0 amide bonds. The molecule has 1 aliphatic heterocycles. The first-order chi connectivity index (χ1) is 11.7. The molecule has 1 atom stereocenters. The van der Waals surface area contributed by atoms with Gasteiger partial charge in [0, 0.05) is 32.6 Å². The SMILES string of the molecule is CCN(CC)C(C)CNC(=NC)NCCc1ccc2c(c1)CCO2. The van der Waals surface area contributed by atoms with Gasteiger partial charge in [0.25, 0.3) is 0 Å². The highest BCUT2D eigenvalue weighted by Crippen LogP contribution is 2.25. The van der Waals surface area contributed by atoms with Crippen molar-refractivity contribution in [2.75, 3.05) is 39.8 Å². The Kier molecular flexibility index (Phi) is 7.37. The minimum atomic E-state index is 0.496. The first kappa shape index (κ1) is 18.6. The summed E-state index contributed by atoms with van der Waals surface area (Å²) in [5.74, 6) is 1.92. The van der Waals surface area contributed by atoms with Crippen LogP contribution in [0.3, 0.4) is 0 Å². The molecule has 1 heterocycles. The third-order valence-electron chi connectivity index (χ3n) is 4.68. The second-order valence-electron chi connectivity index (χ2n) is 6.24. The lowest BCUT2D eigenvalue weighted by Gasteiger charge is -2.27. The van der Waals surface area contributed by atoms with Crippen molar-refractivity contribution < 1.29 is 4.74 Å². The highest BCUT2D eigenvalue weighted by atomic mass is 16.5. The van der Waals surface area contributed by atoms with E-state index in [9.17, 15) is 0 Å². The lowest BCUT2D eigenvalue weighted by Crippen LogP contribution is -2.46. The Labute approximate surface area is 146 Å². The van der Waals surface area contributed by atoms with Crippen LogP contribution in [-0.4, -0.2) is 56.7 Å². The van der Waals surface area contributed by atoms with Crippen LogP contribution in [0.4, 0.5) is 0 Å². The molecule has 0 spiro atoms. The second kappa shape index (κ2) is 9.52. The Hall–Kier alpha value is -1.75. The molecule has 24 heavy (non-hydrogen) atoms. The van der Waals surface area contributed by atoms with E-state index in [1.54, 1.807) is 0 Å². The quantitative estimate of drug-likeness (QED) is 0.565. The van der Waals surface area contributed by atoms with Crippen LogP contribution in [-0.2, 0) is 12.8 Å². The Balaban J connectivity index is 1.73. The van der Waals surface area contributed by atoms with Gasteiger partial charge in [-0.3, -0.25) is 9.89 Å². The fourth-order valence-electron chi connectivity index (χ4n) is 3.16. The van der Waals surface area contributed by atoms with Crippen molar-refractivity contribution in [2.45, 2.75) is 39.7 Å². The maximum atomic E-state index is 5.56. The molecule has 0 aliphatic carbocycles. The van der Waals surface area contributed by atoms with Gasteiger partial charge in [-0.25, -0.2) is 0 Å². The van der Waals surface area contributed by atoms with Crippen LogP contribution in [0, 0.1) is 0 Å². The monoisotopic (exact) mass is 332 g/mol. The van der Waals surface area contributed by atoms with Gasteiger partial charge in [0.05, 0.1) is 6.61 Å². The first-order valence-corrected chi connectivity index (χ1v) is 9.11. The number of likely N-dealkylation sites (N-methyl/N-ethyl adjacent to an activating group) is 1. The molecular formula is C19H32N4O. The highest BCUT2D eigenvalue weighted by molar-refractivity contribution is 5.79. The summed E-state index contributed by atoms with van der Waals surface area (Å²) >= 11 is 0. The molecule has 0 aromatic heterocycles. The number of hydrogen-bond donors (Lipinski definition) is 2. The average Bonchev–Trinajstić information content (AvgIpc) is 3.06. The zero-order valence-electron chi connectivity index (χ0n) is 15.6. The van der Waals surface area contributed by atoms with E-state index in [0.717, 1.165) is 57.3 Å². The van der Waals surface area contributed by atoms with Gasteiger partial charge in [0.1, 0.15) is 5.75 Å². The molecule has 0 saturated heterocycles. The number of benzene rings is 1. The van der Waals surface area contributed by atoms with Gasteiger partial charge in [-0.1, -0.05) is 26.0 Å². The number of fused-ring (bicyclic) bond motifs is 1. The van der Waals surface area contributed by atoms with Gasteiger partial charge in [-0.05, 0) is 43.6 Å². The van der Waals surface area contributed by atoms with Crippen LogP contribution in [0.15, 0.2) is 23.2 Å². The molecule has 1 aliphatic rings. The van der Waals surface area contributed by atoms with E-state index in [1.807, 2.05) is 7.05 Å². The van der Waals surface area contributed by atoms with Crippen LogP contribution in [0.5, 0.6) is 5.75 Å². The minimum Gasteiger partial charge on any atom is -0.493 e. The van der Waals surface area contributed by atoms with Crippen LogP contribution in [0.25, 0.3) is 0 Å². The fraction of sp³-hybridized carbons (Fsp3) is 0.632. The van der Waals surface area contributed by atoms with Crippen LogP contribution < -0.4 is 15.4 Å². The van der Waals surface area contributed by atoms with Gasteiger partial charge in [-0.2, -0.15) is 0 Å². The van der Waals surface area contributed by atoms with Gasteiger partial charge in [0.2, 0.25) is 0 Å². The van der Waals surface area contributed by atoms with E-state index >= 15 is 0 Å². The van der Waals surface area contributed by atoms with Gasteiger partial charge in [0.15, 0.2) is 5.96 Å². The zero-order valence-corrected chi connectivity index (χ0v) is 15.6. The molecule has 134 valence electrons. The van der Waals surface area contributed by atoms with Crippen molar-refractivity contribution in [3.05, 3.63) is 29.3 Å². The molecular weight excluding hydrogens is 300 g/mol. The average molecular weight is 332 g/mol. The Bertz CT molecular complexity index is 540. The van der Waals surface area contributed by atoms with Crippen molar-refractivity contribution in [1.29, 1.82) is 0 Å². The smallest absolute Gasteiger partial charge is 0.191 e. The fourth-order valence-corrected chi connectivity index (χ4v) is 3.16. The molecule has 2 rings (SSSR count). The molecule has 1 unspecified atom stereocenters. The van der Waals surface area contributed by atoms with Gasteiger partial charge < -0.3 is 15.4 Å². The number of nitrogens with one attached hydrogen (secondary N) is 2. The molecule has 0 radical (unpaired) electrons. The molecule has 5 heteroatoms. The van der Waals surface area contributed by atoms with E-state index in [0.29, 0.717) is 6.04 Å². The first-order valence-electron chi connectivity index (χ1n) is 9.11. The maximum Gasteiger partial charge on any atom is 0.191 e. The normalized spacial score (nSPS) is 15.1. The topological polar surface area (TPSA) is 48.9 Å². The predicted molar refractivity (Wildman–Crippen MR) is 101 cm³/mol. The van der Waals surface area contributed by atoms with E-state index in [4.69, 9.17) is 4.74 Å². The van der Waals surface area contributed by atoms with Crippen LogP contribution >= 0.6 is 0 Å². The van der Waals surface area contributed by atoms with E-state index in [1.165, 1.54) is 11.1 Å². The van der Waals surface area contributed by atoms with E-state index in [2.05, 4.69) is 59.5 Å². The van der Waals surface area contributed by atoms with E-state index < -0.39 is 0 Å². The summed E-state index contributed by atoms with van der Waals surface area (Å²) in [6.07, 6.45) is 2.02. The maximum absolute atomic E-state index is 5.56. The number of ether oxygens (including phenoxy) is 1. The summed E-state index contributed by atoms with van der Waals surface area (Å²) in [4.78, 5) is 6.75. The van der Waals surface area contributed by atoms with Crippen molar-refractivity contribution in [1.82, 2.24) is 15.5 Å². The number of hydrogen-bond acceptors (Lipinski definition) is 3. The molecule has 0 saturated carbocycles. The molecule has 0 fully saturated rings. The van der Waals surface area contributed by atoms with Crippen LogP contribution in [0.1, 0.15) is 31.9 Å². The third kappa shape index (κ3) is 5.13. The Morgan fingerprint density at radius 1 is 1.29 bits per heavy atom. The molecule has 1 aromatic rings. The predicted octanol–water partition coefficient (Wildman–Crippen LogP) is 2.06. The summed E-state index contributed by atoms with van der Waals surface area (Å²) in [6.45, 7) is 11.4. The molecule has 1 aromatic carbocycles. The standard InChI is InChI=1S/C19H32N4O/c1-5-23(6-2)15(3)14-22-19(20-4)21-11-9-16-7-8-18-17(13-16)10-12-24-18/h7-8,13,15H,5-6,9-12,14H2,1-4H3,(H2,20,21,22). The second-order valence-corrected chi connectivity index (χ2v) is 6.24. The number of nitrogens with zero attached hydrogens (tertiary/aromatic N) is 2. The largest absolute Gasteiger partial charge is 0.493 e. The number of rotatable bonds is 8. The van der Waals surface area contributed by atoms with Crippen molar-refractivity contribution in [3.8, 4) is 5.75 Å². The Morgan fingerprint density at radius 3 is 2.79 bits per heavy atom. The van der Waals surface area contributed by atoms with Crippen molar-refractivity contribution in [2.24, 2.45) is 4.99 Å². The minimum absolute atomic E-state index is 0.496. The highest BCUT2D eigenvalue weighted by Gasteiger charge is 2.12. The third-order valence-corrected chi connectivity index (χ3v) is 4.68. The molecule has 2 N–H and O–H groups in total. The van der Waals surface area contributed by atoms with E-state index in [-0.39, 0.29) is 0 Å². The van der Waals surface area contributed by atoms with Crippen LogP contribution in [0.2, 0.25) is 0 Å². The molecule has 0 bridgehead atoms. The number of guanidine groups is 1. The Morgan fingerprint density at radius 2 is 2.08 bits per heavy atom. The van der Waals surface area contributed by atoms with Gasteiger partial charge >= 0.3 is 0 Å². The summed E-state index contributed by atoms with van der Waals surface area (Å²) < 4.78 is 5.56. The van der Waals surface area contributed by atoms with Gasteiger partial charge in [-0.15, -0.1) is 0 Å². The van der Waals surface area contributed by atoms with Crippen molar-refractivity contribution in [3.63, 3.8) is 0 Å². The van der Waals surface area contributed by atoms with Crippen molar-refractivity contribution >= 4 is 5.96 Å². The lowest BCUT2D eigenvalue weighted by atomic mass is 10.1. The molecule has 5 nitrogen and oxygen atoms in total. The summed E-state index contributed by atoms with van der Waals surface area (Å²) in [5.41, 5.74) is 2.68. The summed E-state index contributed by atoms with van der Waals surface area (Å²) in [5, 5.41) is 6.83.